The molecule has 186 valence electrons. The molecule has 0 spiro atoms. The summed E-state index contributed by atoms with van der Waals surface area (Å²) >= 11 is 6.12. The van der Waals surface area contributed by atoms with Gasteiger partial charge in [-0.3, -0.25) is 4.79 Å². The third-order valence-corrected chi connectivity index (χ3v) is 5.48. The molecule has 0 aliphatic heterocycles. The van der Waals surface area contributed by atoms with Gasteiger partial charge in [0.05, 0.1) is 18.6 Å². The lowest BCUT2D eigenvalue weighted by Gasteiger charge is -2.31. The molecule has 0 heterocycles. The standard InChI is InChI=1S/C27H36ClNO5/c1-7-33-24(30)27(5,18-32-6)17-23(29-25(31)34-26(2,3)4)15-19-11-13-20(14-12-19)21-9-8-10-22(28)16-21/h8-14,16,23H,7,15,17-18H2,1-6H3,(H,29,31). The molecule has 34 heavy (non-hydrogen) atoms. The summed E-state index contributed by atoms with van der Waals surface area (Å²) in [6.45, 7) is 9.43. The van der Waals surface area contributed by atoms with Gasteiger partial charge in [-0.2, -0.15) is 0 Å². The van der Waals surface area contributed by atoms with Crippen molar-refractivity contribution < 1.29 is 23.8 Å². The van der Waals surface area contributed by atoms with Crippen LogP contribution in [0.5, 0.6) is 0 Å². The zero-order valence-corrected chi connectivity index (χ0v) is 21.7. The number of halogens is 1. The Balaban J connectivity index is 2.26. The summed E-state index contributed by atoms with van der Waals surface area (Å²) in [4.78, 5) is 25.3. The van der Waals surface area contributed by atoms with Crippen molar-refractivity contribution in [3.8, 4) is 11.1 Å². The van der Waals surface area contributed by atoms with Gasteiger partial charge < -0.3 is 19.5 Å². The van der Waals surface area contributed by atoms with E-state index >= 15 is 0 Å². The van der Waals surface area contributed by atoms with E-state index in [1.807, 2.05) is 69.3 Å². The Hall–Kier alpha value is -2.57. The zero-order valence-electron chi connectivity index (χ0n) is 20.9. The molecule has 0 saturated carbocycles. The lowest BCUT2D eigenvalue weighted by Crippen LogP contribution is -2.46. The van der Waals surface area contributed by atoms with Gasteiger partial charge >= 0.3 is 12.1 Å². The van der Waals surface area contributed by atoms with Crippen LogP contribution in [0.4, 0.5) is 4.79 Å². The lowest BCUT2D eigenvalue weighted by atomic mass is 9.82. The van der Waals surface area contributed by atoms with Gasteiger partial charge in [-0.15, -0.1) is 0 Å². The Morgan fingerprint density at radius 3 is 2.26 bits per heavy atom. The molecule has 2 rings (SSSR count). The van der Waals surface area contributed by atoms with Gasteiger partial charge in [0.15, 0.2) is 0 Å². The molecule has 0 aliphatic carbocycles. The van der Waals surface area contributed by atoms with Crippen LogP contribution in [0.2, 0.25) is 5.02 Å². The number of amides is 1. The normalized spacial score (nSPS) is 14.1. The highest BCUT2D eigenvalue weighted by Crippen LogP contribution is 2.28. The second kappa shape index (κ2) is 12.2. The fourth-order valence-electron chi connectivity index (χ4n) is 3.80. The molecule has 1 amide bonds. The minimum atomic E-state index is -0.925. The van der Waals surface area contributed by atoms with Crippen LogP contribution >= 0.6 is 11.6 Å². The van der Waals surface area contributed by atoms with Crippen molar-refractivity contribution in [1.82, 2.24) is 5.32 Å². The highest BCUT2D eigenvalue weighted by Gasteiger charge is 2.38. The van der Waals surface area contributed by atoms with Crippen LogP contribution < -0.4 is 5.32 Å². The molecule has 2 aromatic rings. The maximum atomic E-state index is 12.7. The van der Waals surface area contributed by atoms with Gasteiger partial charge in [-0.1, -0.05) is 48.0 Å². The zero-order chi connectivity index (χ0) is 25.4. The molecule has 0 aromatic heterocycles. The minimum Gasteiger partial charge on any atom is -0.466 e. The first-order valence-electron chi connectivity index (χ1n) is 11.5. The van der Waals surface area contributed by atoms with E-state index in [-0.39, 0.29) is 25.2 Å². The number of methoxy groups -OCH3 is 1. The third kappa shape index (κ3) is 8.65. The van der Waals surface area contributed by atoms with Crippen molar-refractivity contribution in [2.45, 2.75) is 59.1 Å². The number of nitrogens with one attached hydrogen (secondary N) is 1. The van der Waals surface area contributed by atoms with Crippen molar-refractivity contribution >= 4 is 23.7 Å². The number of carbonyl (C=O) groups is 2. The van der Waals surface area contributed by atoms with E-state index in [1.54, 1.807) is 21.0 Å². The van der Waals surface area contributed by atoms with Crippen LogP contribution in [-0.2, 0) is 25.4 Å². The molecule has 0 saturated heterocycles. The molecular formula is C27H36ClNO5. The Labute approximate surface area is 207 Å². The van der Waals surface area contributed by atoms with Gasteiger partial charge in [-0.25, -0.2) is 4.79 Å². The van der Waals surface area contributed by atoms with E-state index in [9.17, 15) is 9.59 Å². The van der Waals surface area contributed by atoms with Crippen LogP contribution in [-0.4, -0.2) is 44.0 Å². The van der Waals surface area contributed by atoms with Crippen LogP contribution in [0.1, 0.15) is 46.6 Å². The Kier molecular flexibility index (Phi) is 9.95. The van der Waals surface area contributed by atoms with Crippen molar-refractivity contribution in [3.05, 3.63) is 59.1 Å². The Morgan fingerprint density at radius 1 is 1.03 bits per heavy atom. The number of hydrogen-bond acceptors (Lipinski definition) is 5. The molecule has 2 aromatic carbocycles. The van der Waals surface area contributed by atoms with Crippen LogP contribution in [0.3, 0.4) is 0 Å². The van der Waals surface area contributed by atoms with Gasteiger partial charge in [0.1, 0.15) is 5.60 Å². The highest BCUT2D eigenvalue weighted by atomic mass is 35.5. The summed E-state index contributed by atoms with van der Waals surface area (Å²) in [7, 11) is 1.54. The number of esters is 1. The van der Waals surface area contributed by atoms with Crippen LogP contribution in [0, 0.1) is 5.41 Å². The quantitative estimate of drug-likeness (QED) is 0.411. The van der Waals surface area contributed by atoms with Gasteiger partial charge in [0.2, 0.25) is 0 Å². The van der Waals surface area contributed by atoms with Crippen LogP contribution in [0.25, 0.3) is 11.1 Å². The molecule has 0 bridgehead atoms. The topological polar surface area (TPSA) is 73.9 Å². The lowest BCUT2D eigenvalue weighted by molar-refractivity contribution is -0.158. The first-order valence-corrected chi connectivity index (χ1v) is 11.8. The number of hydrogen-bond donors (Lipinski definition) is 1. The van der Waals surface area contributed by atoms with Gasteiger partial charge in [-0.05, 0) is 76.3 Å². The first kappa shape index (κ1) is 27.7. The first-order chi connectivity index (χ1) is 16.0. The summed E-state index contributed by atoms with van der Waals surface area (Å²) in [5.74, 6) is -0.357. The molecule has 6 nitrogen and oxygen atoms in total. The predicted octanol–water partition coefficient (Wildman–Crippen LogP) is 6.05. The van der Waals surface area contributed by atoms with Crippen LogP contribution in [0.15, 0.2) is 48.5 Å². The maximum absolute atomic E-state index is 12.7. The highest BCUT2D eigenvalue weighted by molar-refractivity contribution is 6.30. The monoisotopic (exact) mass is 489 g/mol. The molecule has 2 atom stereocenters. The van der Waals surface area contributed by atoms with E-state index < -0.39 is 17.1 Å². The van der Waals surface area contributed by atoms with E-state index in [0.29, 0.717) is 17.9 Å². The van der Waals surface area contributed by atoms with Crippen molar-refractivity contribution in [3.63, 3.8) is 0 Å². The molecule has 2 unspecified atom stereocenters. The minimum absolute atomic E-state index is 0.173. The van der Waals surface area contributed by atoms with E-state index in [1.165, 1.54) is 0 Å². The second-order valence-electron chi connectivity index (χ2n) is 9.67. The van der Waals surface area contributed by atoms with Gasteiger partial charge in [0.25, 0.3) is 0 Å². The largest absolute Gasteiger partial charge is 0.466 e. The average molecular weight is 490 g/mol. The fourth-order valence-corrected chi connectivity index (χ4v) is 3.99. The smallest absolute Gasteiger partial charge is 0.407 e. The molecule has 0 radical (unpaired) electrons. The SMILES string of the molecule is CCOC(=O)C(C)(COC)CC(Cc1ccc(-c2cccc(Cl)c2)cc1)NC(=O)OC(C)(C)C. The molecule has 1 N–H and O–H groups in total. The van der Waals surface area contributed by atoms with E-state index in [0.717, 1.165) is 16.7 Å². The summed E-state index contributed by atoms with van der Waals surface area (Å²) in [6.07, 6.45) is 0.305. The van der Waals surface area contributed by atoms with Gasteiger partial charge in [0, 0.05) is 18.2 Å². The molecule has 0 aliphatic rings. The number of alkyl carbamates (subject to hydrolysis) is 1. The van der Waals surface area contributed by atoms with E-state index in [4.69, 9.17) is 25.8 Å². The number of benzene rings is 2. The Morgan fingerprint density at radius 2 is 1.71 bits per heavy atom. The third-order valence-electron chi connectivity index (χ3n) is 5.24. The van der Waals surface area contributed by atoms with Crippen molar-refractivity contribution in [2.75, 3.05) is 20.3 Å². The molecule has 0 fully saturated rings. The maximum Gasteiger partial charge on any atom is 0.407 e. The van der Waals surface area contributed by atoms with E-state index in [2.05, 4.69) is 5.32 Å². The fraction of sp³-hybridized carbons (Fsp3) is 0.481. The summed E-state index contributed by atoms with van der Waals surface area (Å²) < 4.78 is 16.1. The summed E-state index contributed by atoms with van der Waals surface area (Å²) in [6, 6.07) is 15.4. The van der Waals surface area contributed by atoms with Crippen molar-refractivity contribution in [1.29, 1.82) is 0 Å². The summed E-state index contributed by atoms with van der Waals surface area (Å²) in [5, 5.41) is 3.63. The second-order valence-corrected chi connectivity index (χ2v) is 10.1. The molecule has 7 heteroatoms. The average Bonchev–Trinajstić information content (AvgIpc) is 2.73. The summed E-state index contributed by atoms with van der Waals surface area (Å²) in [5.41, 5.74) is 1.52. The Bertz CT molecular complexity index is 954. The number of rotatable bonds is 10. The molecular weight excluding hydrogens is 454 g/mol. The number of ether oxygens (including phenoxy) is 3. The van der Waals surface area contributed by atoms with Crippen molar-refractivity contribution in [2.24, 2.45) is 5.41 Å². The predicted molar refractivity (Wildman–Crippen MR) is 135 cm³/mol. The number of carbonyl (C=O) groups excluding carboxylic acids is 2.